The summed E-state index contributed by atoms with van der Waals surface area (Å²) in [5.41, 5.74) is 1.96. The van der Waals surface area contributed by atoms with Crippen molar-refractivity contribution < 1.29 is 14.2 Å². The van der Waals surface area contributed by atoms with E-state index >= 15 is 0 Å². The summed E-state index contributed by atoms with van der Waals surface area (Å²) >= 11 is 0. The second-order valence-corrected chi connectivity index (χ2v) is 8.11. The summed E-state index contributed by atoms with van der Waals surface area (Å²) in [5, 5.41) is 13.7. The molecule has 2 saturated heterocycles. The van der Waals surface area contributed by atoms with Crippen molar-refractivity contribution in [1.82, 2.24) is 15.1 Å². The van der Waals surface area contributed by atoms with Gasteiger partial charge in [-0.2, -0.15) is 0 Å². The maximum Gasteiger partial charge on any atom is 0.193 e. The minimum absolute atomic E-state index is 0. The number of phenols is 1. The fourth-order valence-corrected chi connectivity index (χ4v) is 4.44. The normalized spacial score (nSPS) is 18.5. The predicted molar refractivity (Wildman–Crippen MR) is 140 cm³/mol. The first-order chi connectivity index (χ1) is 15.7. The molecule has 7 nitrogen and oxygen atoms in total. The average Bonchev–Trinajstić information content (AvgIpc) is 2.84. The van der Waals surface area contributed by atoms with Crippen LogP contribution in [0.15, 0.2) is 53.5 Å². The average molecular weight is 569 g/mol. The molecule has 0 bridgehead atoms. The summed E-state index contributed by atoms with van der Waals surface area (Å²) in [6, 6.07) is 14.4. The molecule has 1 atom stereocenters. The molecule has 33 heavy (non-hydrogen) atoms. The van der Waals surface area contributed by atoms with Crippen molar-refractivity contribution in [2.75, 3.05) is 71.0 Å². The zero-order valence-corrected chi connectivity index (χ0v) is 21.3. The Morgan fingerprint density at radius 1 is 1.03 bits per heavy atom. The molecule has 1 unspecified atom stereocenters. The number of nitrogens with zero attached hydrogens (tertiary/aromatic N) is 4. The summed E-state index contributed by atoms with van der Waals surface area (Å²) in [7, 11) is 1.80. The van der Waals surface area contributed by atoms with Gasteiger partial charge in [-0.3, -0.25) is 9.89 Å². The lowest BCUT2D eigenvalue weighted by atomic mass is 10.0. The molecule has 2 N–H and O–H groups in total. The number of anilines is 1. The number of hydrogen-bond donors (Lipinski definition) is 2. The molecule has 0 aromatic heterocycles. The molecule has 2 aliphatic rings. The first kappa shape index (κ1) is 25.5. The third-order valence-corrected chi connectivity index (χ3v) is 6.21. The topological polar surface area (TPSA) is 63.6 Å². The lowest BCUT2D eigenvalue weighted by Gasteiger charge is -2.39. The fourth-order valence-electron chi connectivity index (χ4n) is 4.44. The Labute approximate surface area is 212 Å². The highest BCUT2D eigenvalue weighted by molar-refractivity contribution is 14.0. The van der Waals surface area contributed by atoms with Crippen LogP contribution in [0.1, 0.15) is 11.6 Å². The molecule has 180 valence electrons. The lowest BCUT2D eigenvalue weighted by Crippen LogP contribution is -2.54. The second kappa shape index (κ2) is 12.4. The number of nitrogens with one attached hydrogen (secondary N) is 1. The number of phenolic OH excluding ortho intramolecular Hbond substituents is 1. The van der Waals surface area contributed by atoms with Crippen LogP contribution < -0.4 is 10.2 Å². The van der Waals surface area contributed by atoms with Crippen LogP contribution in [0.25, 0.3) is 0 Å². The number of aromatic hydroxyl groups is 1. The number of piperazine rings is 1. The molecule has 2 heterocycles. The third-order valence-electron chi connectivity index (χ3n) is 6.21. The van der Waals surface area contributed by atoms with Gasteiger partial charge in [-0.15, -0.1) is 24.0 Å². The minimum atomic E-state index is -0.222. The smallest absolute Gasteiger partial charge is 0.193 e. The van der Waals surface area contributed by atoms with Crippen molar-refractivity contribution in [2.24, 2.45) is 4.99 Å². The van der Waals surface area contributed by atoms with E-state index in [0.29, 0.717) is 25.5 Å². The van der Waals surface area contributed by atoms with Gasteiger partial charge in [-0.05, 0) is 29.8 Å². The molecule has 4 rings (SSSR count). The molecular formula is C24H33FIN5O2. The largest absolute Gasteiger partial charge is 0.506 e. The van der Waals surface area contributed by atoms with Crippen LogP contribution in [-0.4, -0.2) is 86.9 Å². The number of ether oxygens (including phenoxy) is 1. The summed E-state index contributed by atoms with van der Waals surface area (Å²) in [6.07, 6.45) is 0. The zero-order valence-electron chi connectivity index (χ0n) is 19.0. The van der Waals surface area contributed by atoms with Gasteiger partial charge >= 0.3 is 0 Å². The quantitative estimate of drug-likeness (QED) is 0.328. The summed E-state index contributed by atoms with van der Waals surface area (Å²) in [6.45, 7) is 7.04. The Balaban J connectivity index is 0.00000306. The highest BCUT2D eigenvalue weighted by atomic mass is 127. The van der Waals surface area contributed by atoms with Gasteiger partial charge in [0.1, 0.15) is 11.6 Å². The SMILES string of the molecule is CN=C(NCC(c1ccc(F)cc1)N1CCOCC1)N1CCN(c2ccccc2O)CC1.I. The van der Waals surface area contributed by atoms with Crippen molar-refractivity contribution in [2.45, 2.75) is 6.04 Å². The molecular weight excluding hydrogens is 536 g/mol. The lowest BCUT2D eigenvalue weighted by molar-refractivity contribution is 0.0168. The highest BCUT2D eigenvalue weighted by Gasteiger charge is 2.25. The van der Waals surface area contributed by atoms with E-state index in [1.165, 1.54) is 12.1 Å². The standard InChI is InChI=1S/C24H32FN5O2.HI/c1-26-24(30-12-10-28(11-13-30)21-4-2-3-5-23(21)31)27-18-22(29-14-16-32-17-15-29)19-6-8-20(25)9-7-19;/h2-9,22,31H,10-18H2,1H3,(H,26,27);1H. The summed E-state index contributed by atoms with van der Waals surface area (Å²) in [5.74, 6) is 0.957. The Bertz CT molecular complexity index is 900. The Hall–Kier alpha value is -2.11. The molecule has 2 aromatic rings. The van der Waals surface area contributed by atoms with E-state index < -0.39 is 0 Å². The van der Waals surface area contributed by atoms with E-state index in [-0.39, 0.29) is 35.8 Å². The number of benzene rings is 2. The van der Waals surface area contributed by atoms with Crippen LogP contribution >= 0.6 is 24.0 Å². The molecule has 0 saturated carbocycles. The van der Waals surface area contributed by atoms with Gasteiger partial charge in [-0.25, -0.2) is 4.39 Å². The number of guanidine groups is 1. The van der Waals surface area contributed by atoms with Crippen LogP contribution in [0.5, 0.6) is 5.75 Å². The predicted octanol–water partition coefficient (Wildman–Crippen LogP) is 2.92. The second-order valence-electron chi connectivity index (χ2n) is 8.11. The van der Waals surface area contributed by atoms with Gasteiger partial charge in [0.15, 0.2) is 5.96 Å². The first-order valence-corrected chi connectivity index (χ1v) is 11.2. The Morgan fingerprint density at radius 3 is 2.33 bits per heavy atom. The maximum atomic E-state index is 13.5. The van der Waals surface area contributed by atoms with E-state index in [1.54, 1.807) is 13.1 Å². The zero-order chi connectivity index (χ0) is 22.3. The number of rotatable bonds is 5. The molecule has 2 aliphatic heterocycles. The third kappa shape index (κ3) is 6.48. The maximum absolute atomic E-state index is 13.5. The van der Waals surface area contributed by atoms with Gasteiger partial charge < -0.3 is 25.0 Å². The van der Waals surface area contributed by atoms with E-state index in [1.807, 2.05) is 30.3 Å². The van der Waals surface area contributed by atoms with E-state index in [9.17, 15) is 9.50 Å². The molecule has 0 spiro atoms. The van der Waals surface area contributed by atoms with Crippen molar-refractivity contribution in [3.63, 3.8) is 0 Å². The fraction of sp³-hybridized carbons (Fsp3) is 0.458. The minimum Gasteiger partial charge on any atom is -0.506 e. The number of para-hydroxylation sites is 2. The number of morpholine rings is 1. The van der Waals surface area contributed by atoms with Gasteiger partial charge in [0, 0.05) is 52.9 Å². The van der Waals surface area contributed by atoms with Crippen LogP contribution in [0, 0.1) is 5.82 Å². The molecule has 0 radical (unpaired) electrons. The molecule has 9 heteroatoms. The van der Waals surface area contributed by atoms with Crippen LogP contribution in [-0.2, 0) is 4.74 Å². The van der Waals surface area contributed by atoms with Crippen LogP contribution in [0.2, 0.25) is 0 Å². The van der Waals surface area contributed by atoms with E-state index in [0.717, 1.165) is 56.5 Å². The Morgan fingerprint density at radius 2 is 1.70 bits per heavy atom. The molecule has 0 amide bonds. The Kier molecular flexibility index (Phi) is 9.57. The van der Waals surface area contributed by atoms with Gasteiger partial charge in [0.05, 0.1) is 24.9 Å². The van der Waals surface area contributed by atoms with Crippen molar-refractivity contribution >= 4 is 35.6 Å². The summed E-state index contributed by atoms with van der Waals surface area (Å²) in [4.78, 5) is 11.3. The van der Waals surface area contributed by atoms with E-state index in [4.69, 9.17) is 4.74 Å². The first-order valence-electron chi connectivity index (χ1n) is 11.2. The highest BCUT2D eigenvalue weighted by Crippen LogP contribution is 2.27. The number of hydrogen-bond acceptors (Lipinski definition) is 5. The van der Waals surface area contributed by atoms with Gasteiger partial charge in [0.25, 0.3) is 0 Å². The van der Waals surface area contributed by atoms with Crippen molar-refractivity contribution in [3.05, 3.63) is 59.9 Å². The molecule has 2 aromatic carbocycles. The van der Waals surface area contributed by atoms with Crippen LogP contribution in [0.4, 0.5) is 10.1 Å². The monoisotopic (exact) mass is 569 g/mol. The summed E-state index contributed by atoms with van der Waals surface area (Å²) < 4.78 is 19.0. The number of halogens is 2. The van der Waals surface area contributed by atoms with Crippen molar-refractivity contribution in [3.8, 4) is 5.75 Å². The van der Waals surface area contributed by atoms with Gasteiger partial charge in [0.2, 0.25) is 0 Å². The van der Waals surface area contributed by atoms with E-state index in [2.05, 4.69) is 25.0 Å². The molecule has 2 fully saturated rings. The number of aliphatic imine (C=N–C) groups is 1. The van der Waals surface area contributed by atoms with Crippen molar-refractivity contribution in [1.29, 1.82) is 0 Å². The van der Waals surface area contributed by atoms with Gasteiger partial charge in [-0.1, -0.05) is 24.3 Å². The van der Waals surface area contributed by atoms with Crippen LogP contribution in [0.3, 0.4) is 0 Å². The molecule has 0 aliphatic carbocycles.